The van der Waals surface area contributed by atoms with Gasteiger partial charge in [0.2, 0.25) is 11.8 Å². The van der Waals surface area contributed by atoms with E-state index in [1.165, 1.54) is 24.1 Å². The molecule has 0 N–H and O–H groups in total. The molecular weight excluding hydrogens is 427 g/mol. The lowest BCUT2D eigenvalue weighted by molar-refractivity contribution is -0.138. The maximum atomic E-state index is 13.7. The molecule has 0 radical (unpaired) electrons. The van der Waals surface area contributed by atoms with Crippen molar-refractivity contribution in [3.63, 3.8) is 0 Å². The summed E-state index contributed by atoms with van der Waals surface area (Å²) in [5.41, 5.74) is 2.81. The number of hydrogen-bond acceptors (Lipinski definition) is 8. The third-order valence-corrected chi connectivity index (χ3v) is 5.41. The minimum Gasteiger partial charge on any atom is -0.466 e. The fourth-order valence-corrected chi connectivity index (χ4v) is 3.89. The lowest BCUT2D eigenvalue weighted by atomic mass is 9.94. The summed E-state index contributed by atoms with van der Waals surface area (Å²) in [5.74, 6) is -1.42. The van der Waals surface area contributed by atoms with Crippen LogP contribution >= 0.6 is 0 Å². The van der Waals surface area contributed by atoms with Crippen LogP contribution in [0.5, 0.6) is 0 Å². The highest BCUT2D eigenvalue weighted by Gasteiger charge is 2.47. The van der Waals surface area contributed by atoms with E-state index in [-0.39, 0.29) is 18.0 Å². The number of aryl methyl sites for hydroxylation is 1. The van der Waals surface area contributed by atoms with Crippen molar-refractivity contribution in [1.29, 1.82) is 0 Å². The number of halogens is 1. The predicted molar refractivity (Wildman–Crippen MR) is 121 cm³/mol. The molecule has 2 heterocycles. The van der Waals surface area contributed by atoms with Crippen LogP contribution < -0.4 is 5.01 Å². The first-order valence-electron chi connectivity index (χ1n) is 10.4. The summed E-state index contributed by atoms with van der Waals surface area (Å²) in [4.78, 5) is 31.9. The van der Waals surface area contributed by atoms with E-state index in [4.69, 9.17) is 9.47 Å². The summed E-state index contributed by atoms with van der Waals surface area (Å²) in [7, 11) is 1.27. The Balaban J connectivity index is 1.96. The summed E-state index contributed by atoms with van der Waals surface area (Å²) in [6.07, 6.45) is 0. The fourth-order valence-electron chi connectivity index (χ4n) is 3.89. The van der Waals surface area contributed by atoms with Gasteiger partial charge in [-0.2, -0.15) is 5.01 Å². The Morgan fingerprint density at radius 3 is 2.39 bits per heavy atom. The third-order valence-electron chi connectivity index (χ3n) is 5.41. The van der Waals surface area contributed by atoms with Crippen molar-refractivity contribution in [3.05, 3.63) is 76.7 Å². The number of hydrazone groups is 1. The van der Waals surface area contributed by atoms with Crippen LogP contribution in [0.1, 0.15) is 31.0 Å². The van der Waals surface area contributed by atoms with E-state index in [1.807, 2.05) is 31.2 Å². The lowest BCUT2D eigenvalue weighted by Crippen LogP contribution is -2.47. The first-order valence-corrected chi connectivity index (χ1v) is 10.4. The van der Waals surface area contributed by atoms with Gasteiger partial charge in [-0.05, 0) is 50.1 Å². The molecule has 0 spiro atoms. The van der Waals surface area contributed by atoms with Gasteiger partial charge in [-0.15, -0.1) is 5.10 Å². The smallest absolute Gasteiger partial charge is 0.376 e. The second kappa shape index (κ2) is 8.85. The molecular formula is C24H23FN4O4. The van der Waals surface area contributed by atoms with Crippen molar-refractivity contribution in [2.24, 2.45) is 10.1 Å². The number of fused-ring (bicyclic) bond motifs is 1. The molecule has 0 amide bonds. The average Bonchev–Trinajstić information content (AvgIpc) is 3.17. The number of rotatable bonds is 5. The number of guanidine groups is 1. The molecule has 0 saturated heterocycles. The van der Waals surface area contributed by atoms with Gasteiger partial charge in [0, 0.05) is 0 Å². The molecule has 1 atom stereocenters. The molecule has 0 saturated carbocycles. The number of ether oxygens (including phenoxy) is 2. The monoisotopic (exact) mass is 450 g/mol. The molecule has 170 valence electrons. The quantitative estimate of drug-likeness (QED) is 0.646. The van der Waals surface area contributed by atoms with Crippen LogP contribution in [-0.4, -0.2) is 42.4 Å². The molecule has 33 heavy (non-hydrogen) atoms. The van der Waals surface area contributed by atoms with Crippen LogP contribution in [0.25, 0.3) is 0 Å². The van der Waals surface area contributed by atoms with E-state index in [2.05, 4.69) is 10.1 Å². The summed E-state index contributed by atoms with van der Waals surface area (Å²) < 4.78 is 24.0. The van der Waals surface area contributed by atoms with Crippen LogP contribution in [0.3, 0.4) is 0 Å². The predicted octanol–water partition coefficient (Wildman–Crippen LogP) is 3.69. The molecule has 2 aromatic carbocycles. The molecule has 0 aromatic heterocycles. The van der Waals surface area contributed by atoms with Crippen LogP contribution in [-0.2, 0) is 19.1 Å². The number of allylic oxidation sites excluding steroid dienone is 1. The van der Waals surface area contributed by atoms with Gasteiger partial charge >= 0.3 is 11.9 Å². The van der Waals surface area contributed by atoms with Crippen LogP contribution in [0.2, 0.25) is 0 Å². The minimum absolute atomic E-state index is 0.0397. The molecule has 2 aromatic rings. The number of anilines is 1. The zero-order chi connectivity index (χ0) is 23.7. The third kappa shape index (κ3) is 3.86. The van der Waals surface area contributed by atoms with Crippen LogP contribution in [0, 0.1) is 12.7 Å². The summed E-state index contributed by atoms with van der Waals surface area (Å²) in [6, 6.07) is 12.4. The average molecular weight is 450 g/mol. The van der Waals surface area contributed by atoms with Gasteiger partial charge in [-0.1, -0.05) is 30.3 Å². The van der Waals surface area contributed by atoms with Gasteiger partial charge in [-0.3, -0.25) is 4.90 Å². The number of para-hydroxylation sites is 1. The van der Waals surface area contributed by atoms with E-state index < -0.39 is 23.8 Å². The summed E-state index contributed by atoms with van der Waals surface area (Å²) >= 11 is 0. The number of aliphatic imine (C=N–C) groups is 1. The maximum Gasteiger partial charge on any atom is 0.376 e. The normalized spacial score (nSPS) is 17.4. The molecule has 1 unspecified atom stereocenters. The van der Waals surface area contributed by atoms with Crippen molar-refractivity contribution in [3.8, 4) is 0 Å². The standard InChI is InChI=1S/C24H23FN4O4/c1-5-33-23(31)21-27-29(18-9-7-6-8-14(18)2)24-26-15(3)19(22(30)32-4)20(28(21)24)16-10-12-17(25)13-11-16/h6-13,20H,5H2,1-4H3. The highest BCUT2D eigenvalue weighted by atomic mass is 19.1. The molecule has 4 rings (SSSR count). The molecule has 0 aliphatic carbocycles. The second-order valence-corrected chi connectivity index (χ2v) is 7.47. The minimum atomic E-state index is -0.831. The Kier molecular flexibility index (Phi) is 5.95. The van der Waals surface area contributed by atoms with Crippen LogP contribution in [0.15, 0.2) is 69.9 Å². The number of esters is 2. The van der Waals surface area contributed by atoms with Gasteiger partial charge in [-0.25, -0.2) is 19.0 Å². The SMILES string of the molecule is CCOC(=O)C1=NN(c2ccccc2C)C2=NC(C)=C(C(=O)OC)C(c3ccc(F)cc3)N12. The lowest BCUT2D eigenvalue weighted by Gasteiger charge is -2.35. The zero-order valence-electron chi connectivity index (χ0n) is 18.7. The largest absolute Gasteiger partial charge is 0.466 e. The van der Waals surface area contributed by atoms with E-state index in [0.29, 0.717) is 22.9 Å². The first-order chi connectivity index (χ1) is 15.9. The van der Waals surface area contributed by atoms with E-state index >= 15 is 0 Å². The number of amidine groups is 1. The van der Waals surface area contributed by atoms with Crippen molar-refractivity contribution in [2.45, 2.75) is 26.8 Å². The van der Waals surface area contributed by atoms with Gasteiger partial charge < -0.3 is 9.47 Å². The van der Waals surface area contributed by atoms with Gasteiger partial charge in [0.15, 0.2) is 0 Å². The van der Waals surface area contributed by atoms with Gasteiger partial charge in [0.1, 0.15) is 5.82 Å². The number of benzene rings is 2. The topological polar surface area (TPSA) is 83.8 Å². The zero-order valence-corrected chi connectivity index (χ0v) is 18.7. The fraction of sp³-hybridized carbons (Fsp3) is 0.250. The highest BCUT2D eigenvalue weighted by molar-refractivity contribution is 6.41. The molecule has 8 nitrogen and oxygen atoms in total. The Bertz CT molecular complexity index is 1200. The Hall–Kier alpha value is -4.01. The number of hydrogen-bond donors (Lipinski definition) is 0. The molecule has 2 aliphatic rings. The van der Waals surface area contributed by atoms with Crippen molar-refractivity contribution in [2.75, 3.05) is 18.7 Å². The molecule has 2 aliphatic heterocycles. The Morgan fingerprint density at radius 2 is 1.76 bits per heavy atom. The summed E-state index contributed by atoms with van der Waals surface area (Å²) in [6.45, 7) is 5.44. The molecule has 9 heteroatoms. The number of methoxy groups -OCH3 is 1. The second-order valence-electron chi connectivity index (χ2n) is 7.47. The number of carbonyl (C=O) groups excluding carboxylic acids is 2. The van der Waals surface area contributed by atoms with E-state index in [1.54, 1.807) is 31.0 Å². The first kappa shape index (κ1) is 22.2. The van der Waals surface area contributed by atoms with E-state index in [0.717, 1.165) is 5.56 Å². The Morgan fingerprint density at radius 1 is 1.06 bits per heavy atom. The number of nitrogens with zero attached hydrogens (tertiary/aromatic N) is 4. The Labute approximate surface area is 190 Å². The van der Waals surface area contributed by atoms with Crippen molar-refractivity contribution >= 4 is 29.4 Å². The van der Waals surface area contributed by atoms with Gasteiger partial charge in [0.25, 0.3) is 0 Å². The molecule has 0 bridgehead atoms. The molecule has 0 fully saturated rings. The maximum absolute atomic E-state index is 13.7. The van der Waals surface area contributed by atoms with E-state index in [9.17, 15) is 14.0 Å². The van der Waals surface area contributed by atoms with Gasteiger partial charge in [0.05, 0.1) is 36.7 Å². The van der Waals surface area contributed by atoms with Crippen molar-refractivity contribution in [1.82, 2.24) is 4.90 Å². The highest BCUT2D eigenvalue weighted by Crippen LogP contribution is 2.40. The summed E-state index contributed by atoms with van der Waals surface area (Å²) in [5, 5.41) is 6.10. The van der Waals surface area contributed by atoms with Crippen molar-refractivity contribution < 1.29 is 23.5 Å². The number of carbonyl (C=O) groups is 2. The van der Waals surface area contributed by atoms with Crippen LogP contribution in [0.4, 0.5) is 10.1 Å².